The van der Waals surface area contributed by atoms with Crippen LogP contribution in [0.1, 0.15) is 51.3 Å². The maximum Gasteiger partial charge on any atom is 0.253 e. The van der Waals surface area contributed by atoms with Crippen LogP contribution in [0.4, 0.5) is 5.82 Å². The fraction of sp³-hybridized carbons (Fsp3) is 0.485. The van der Waals surface area contributed by atoms with Crippen LogP contribution in [-0.2, 0) is 36.9 Å². The molecular formula is C33H44N8O5S. The first kappa shape index (κ1) is 35.6. The number of carbonyl (C=O) groups excluding carboxylic acids is 5. The molecule has 0 saturated heterocycles. The van der Waals surface area contributed by atoms with Crippen molar-refractivity contribution in [2.24, 2.45) is 0 Å². The number of para-hydroxylation sites is 1. The van der Waals surface area contributed by atoms with Gasteiger partial charge in [-0.15, -0.1) is 0 Å². The van der Waals surface area contributed by atoms with Crippen LogP contribution < -0.4 is 10.0 Å². The topological polar surface area (TPSA) is 150 Å². The second-order valence-electron chi connectivity index (χ2n) is 11.5. The van der Waals surface area contributed by atoms with Crippen molar-refractivity contribution in [3.8, 4) is 0 Å². The lowest BCUT2D eigenvalue weighted by Gasteiger charge is -2.23. The van der Waals surface area contributed by atoms with Crippen LogP contribution in [0.25, 0.3) is 21.9 Å². The molecule has 13 nitrogen and oxygen atoms in total. The van der Waals surface area contributed by atoms with Crippen LogP contribution in [0, 0.1) is 0 Å². The largest absolute Gasteiger partial charge is 0.344 e. The molecule has 0 atom stereocenters. The summed E-state index contributed by atoms with van der Waals surface area (Å²) in [5.74, 6) is -0.109. The highest BCUT2D eigenvalue weighted by molar-refractivity contribution is 7.96. The Morgan fingerprint density at radius 2 is 1.55 bits per heavy atom. The fourth-order valence-electron chi connectivity index (χ4n) is 5.44. The van der Waals surface area contributed by atoms with E-state index in [4.69, 9.17) is 9.97 Å². The van der Waals surface area contributed by atoms with Gasteiger partial charge in [0, 0.05) is 90.0 Å². The van der Waals surface area contributed by atoms with E-state index in [1.54, 1.807) is 26.0 Å². The predicted molar refractivity (Wildman–Crippen MR) is 183 cm³/mol. The molecule has 3 heterocycles. The Kier molecular flexibility index (Phi) is 12.9. The number of anilines is 1. The summed E-state index contributed by atoms with van der Waals surface area (Å²) in [4.78, 5) is 75.5. The quantitative estimate of drug-likeness (QED) is 0.119. The molecule has 0 saturated carbocycles. The maximum atomic E-state index is 13.1. The molecule has 1 aliphatic heterocycles. The van der Waals surface area contributed by atoms with Gasteiger partial charge < -0.3 is 19.7 Å². The summed E-state index contributed by atoms with van der Waals surface area (Å²) in [5, 5.41) is 3.89. The Bertz CT molecular complexity index is 1640. The highest BCUT2D eigenvalue weighted by Crippen LogP contribution is 2.31. The number of aromatic nitrogens is 3. The zero-order valence-corrected chi connectivity index (χ0v) is 28.4. The molecule has 3 aromatic rings. The van der Waals surface area contributed by atoms with E-state index in [1.165, 1.54) is 22.0 Å². The van der Waals surface area contributed by atoms with Crippen LogP contribution in [0.5, 0.6) is 0 Å². The Morgan fingerprint density at radius 1 is 0.872 bits per heavy atom. The number of unbranched alkanes of at least 4 members (excludes halogenated alkanes) is 1. The van der Waals surface area contributed by atoms with Crippen LogP contribution in [-0.4, -0.2) is 105 Å². The van der Waals surface area contributed by atoms with Gasteiger partial charge in [-0.05, 0) is 31.6 Å². The van der Waals surface area contributed by atoms with E-state index in [-0.39, 0.29) is 55.3 Å². The minimum absolute atomic E-state index is 0.00137. The second kappa shape index (κ2) is 17.0. The summed E-state index contributed by atoms with van der Waals surface area (Å²) in [5.41, 5.74) is 2.35. The van der Waals surface area contributed by atoms with Crippen molar-refractivity contribution in [3.05, 3.63) is 42.2 Å². The summed E-state index contributed by atoms with van der Waals surface area (Å²) >= 11 is 1.61. The third-order valence-corrected chi connectivity index (χ3v) is 8.65. The van der Waals surface area contributed by atoms with Crippen molar-refractivity contribution in [3.63, 3.8) is 0 Å². The number of fused-ring (bicyclic) bond motifs is 3. The molecule has 0 aliphatic carbocycles. The summed E-state index contributed by atoms with van der Waals surface area (Å²) in [6, 6.07) is 7.84. The zero-order chi connectivity index (χ0) is 33.9. The van der Waals surface area contributed by atoms with Gasteiger partial charge in [-0.3, -0.25) is 33.6 Å². The average molecular weight is 665 g/mol. The number of amides is 5. The van der Waals surface area contributed by atoms with Crippen molar-refractivity contribution in [1.82, 2.24) is 34.0 Å². The summed E-state index contributed by atoms with van der Waals surface area (Å²) in [6.07, 6.45) is 7.70. The van der Waals surface area contributed by atoms with Gasteiger partial charge in [0.25, 0.3) is 11.8 Å². The van der Waals surface area contributed by atoms with Gasteiger partial charge in [0.05, 0.1) is 11.0 Å². The van der Waals surface area contributed by atoms with Crippen molar-refractivity contribution in [2.75, 3.05) is 51.8 Å². The lowest BCUT2D eigenvalue weighted by molar-refractivity contribution is -0.138. The molecule has 252 valence electrons. The van der Waals surface area contributed by atoms with Crippen molar-refractivity contribution >= 4 is 69.2 Å². The molecule has 0 spiro atoms. The van der Waals surface area contributed by atoms with E-state index >= 15 is 0 Å². The zero-order valence-electron chi connectivity index (χ0n) is 27.6. The number of imide groups is 1. The first-order valence-corrected chi connectivity index (χ1v) is 17.2. The van der Waals surface area contributed by atoms with Gasteiger partial charge in [-0.2, -0.15) is 0 Å². The van der Waals surface area contributed by atoms with Gasteiger partial charge in [0.2, 0.25) is 17.7 Å². The number of nitrogens with zero attached hydrogens (tertiary/aromatic N) is 6. The minimum atomic E-state index is -0.367. The maximum absolute atomic E-state index is 13.1. The van der Waals surface area contributed by atoms with Gasteiger partial charge >= 0.3 is 0 Å². The number of aryl methyl sites for hydroxylation is 2. The molecular weight excluding hydrogens is 620 g/mol. The van der Waals surface area contributed by atoms with Gasteiger partial charge in [-0.25, -0.2) is 9.97 Å². The van der Waals surface area contributed by atoms with Gasteiger partial charge in [0.1, 0.15) is 11.3 Å². The predicted octanol–water partition coefficient (Wildman–Crippen LogP) is 3.14. The van der Waals surface area contributed by atoms with E-state index in [0.717, 1.165) is 59.5 Å². The highest BCUT2D eigenvalue weighted by Gasteiger charge is 2.23. The van der Waals surface area contributed by atoms with Crippen LogP contribution in [0.2, 0.25) is 0 Å². The van der Waals surface area contributed by atoms with E-state index < -0.39 is 0 Å². The number of likely N-dealkylation sites (N-methyl/N-ethyl adjacent to an activating group) is 2. The van der Waals surface area contributed by atoms with Crippen molar-refractivity contribution in [1.29, 1.82) is 0 Å². The molecule has 2 aromatic heterocycles. The molecule has 47 heavy (non-hydrogen) atoms. The molecule has 0 bridgehead atoms. The molecule has 2 N–H and O–H groups in total. The minimum Gasteiger partial charge on any atom is -0.344 e. The summed E-state index contributed by atoms with van der Waals surface area (Å²) in [6.45, 7) is 4.59. The number of benzene rings is 1. The molecule has 1 aromatic carbocycles. The molecule has 4 rings (SSSR count). The summed E-state index contributed by atoms with van der Waals surface area (Å²) in [7, 11) is 3.29. The fourth-order valence-corrected chi connectivity index (χ4v) is 5.78. The van der Waals surface area contributed by atoms with Crippen LogP contribution in [0.15, 0.2) is 36.4 Å². The molecule has 1 aliphatic rings. The van der Waals surface area contributed by atoms with Crippen LogP contribution >= 0.6 is 11.9 Å². The van der Waals surface area contributed by atoms with E-state index in [9.17, 15) is 24.0 Å². The Morgan fingerprint density at radius 3 is 2.23 bits per heavy atom. The standard InChI is InChI=1S/C33H44N8O5S/c1-5-25-36-31-32(40(25)19-9-8-18-34-47-4)23-11-6-7-12-24(23)35-33(31)37-26(42)14-15-28(44)39(3)22-21-38(2)27(43)13-10-20-41-29(45)16-17-30(41)46/h6-7,11-12,16-17,34H,5,8-10,13-15,18-22H2,1-4H3,(H,35,37,42). The Labute approximate surface area is 279 Å². The SMILES string of the molecule is CCc1nc2c(NC(=O)CCC(=O)N(C)CCN(C)C(=O)CCCN3C(=O)C=CC3=O)nc3ccccc3c2n1CCCCNSC. The number of rotatable bonds is 18. The van der Waals surface area contributed by atoms with Gasteiger partial charge in [0.15, 0.2) is 5.82 Å². The van der Waals surface area contributed by atoms with Crippen molar-refractivity contribution < 1.29 is 24.0 Å². The van der Waals surface area contributed by atoms with Crippen LogP contribution in [0.3, 0.4) is 0 Å². The number of hydrogen-bond acceptors (Lipinski definition) is 9. The third-order valence-electron chi connectivity index (χ3n) is 8.15. The highest BCUT2D eigenvalue weighted by atomic mass is 32.2. The van der Waals surface area contributed by atoms with E-state index in [0.29, 0.717) is 30.8 Å². The van der Waals surface area contributed by atoms with Gasteiger partial charge in [-0.1, -0.05) is 37.1 Å². The average Bonchev–Trinajstić information content (AvgIpc) is 3.60. The number of imidazole rings is 1. The number of carbonyl (C=O) groups is 5. The normalized spacial score (nSPS) is 12.8. The molecule has 0 fully saturated rings. The van der Waals surface area contributed by atoms with E-state index in [1.807, 2.05) is 30.5 Å². The number of nitrogens with one attached hydrogen (secondary N) is 2. The monoisotopic (exact) mass is 664 g/mol. The Hall–Kier alpha value is -4.30. The lowest BCUT2D eigenvalue weighted by atomic mass is 10.1. The first-order valence-electron chi connectivity index (χ1n) is 16.0. The molecule has 0 radical (unpaired) electrons. The second-order valence-corrected chi connectivity index (χ2v) is 12.2. The third kappa shape index (κ3) is 9.16. The smallest absolute Gasteiger partial charge is 0.253 e. The molecule has 5 amide bonds. The van der Waals surface area contributed by atoms with Crippen molar-refractivity contribution in [2.45, 2.75) is 58.4 Å². The molecule has 14 heteroatoms. The van der Waals surface area contributed by atoms with E-state index in [2.05, 4.69) is 21.5 Å². The number of pyridine rings is 1. The molecule has 0 unspecified atom stereocenters. The number of hydrogen-bond donors (Lipinski definition) is 2. The summed E-state index contributed by atoms with van der Waals surface area (Å²) < 4.78 is 5.52. The first-order chi connectivity index (χ1) is 22.6. The lowest BCUT2D eigenvalue weighted by Crippen LogP contribution is -2.38. The Balaban J connectivity index is 1.30.